The second kappa shape index (κ2) is 5.01. The monoisotopic (exact) mass is 246 g/mol. The molecular weight excluding hydrogens is 224 g/mol. The molecule has 0 radical (unpaired) electrons. The van der Waals surface area contributed by atoms with Gasteiger partial charge in [-0.15, -0.1) is 0 Å². The maximum absolute atomic E-state index is 12.4. The van der Waals surface area contributed by atoms with Gasteiger partial charge >= 0.3 is 6.03 Å². The normalized spacial score (nSPS) is 18.7. The van der Waals surface area contributed by atoms with E-state index in [0.717, 1.165) is 13.0 Å². The molecule has 98 valence electrons. The number of carbonyl (C=O) groups is 1. The average molecular weight is 246 g/mol. The Labute approximate surface area is 109 Å². The molecule has 0 bridgehead atoms. The topological polar surface area (TPSA) is 23.6 Å². The van der Waals surface area contributed by atoms with E-state index in [1.54, 1.807) is 0 Å². The highest BCUT2D eigenvalue weighted by Gasteiger charge is 2.29. The van der Waals surface area contributed by atoms with Crippen LogP contribution in [0.1, 0.15) is 31.9 Å². The minimum absolute atomic E-state index is 0.131. The van der Waals surface area contributed by atoms with Crippen LogP contribution in [0.3, 0.4) is 0 Å². The molecule has 3 heteroatoms. The van der Waals surface area contributed by atoms with E-state index < -0.39 is 0 Å². The number of rotatable bonds is 1. The molecule has 0 aliphatic carbocycles. The fourth-order valence-corrected chi connectivity index (χ4v) is 2.36. The SMILES string of the molecule is CC(C)N(C)C(=O)N1Cc2ccccc2C[C@@H]1C. The van der Waals surface area contributed by atoms with Gasteiger partial charge in [-0.05, 0) is 38.3 Å². The van der Waals surface area contributed by atoms with Crippen LogP contribution in [0, 0.1) is 0 Å². The van der Waals surface area contributed by atoms with Crippen LogP contribution in [0.2, 0.25) is 0 Å². The van der Waals surface area contributed by atoms with Crippen LogP contribution in [-0.4, -0.2) is 35.0 Å². The average Bonchev–Trinajstić information content (AvgIpc) is 2.36. The summed E-state index contributed by atoms with van der Waals surface area (Å²) in [6, 6.07) is 9.05. The smallest absolute Gasteiger partial charge is 0.320 e. The van der Waals surface area contributed by atoms with Gasteiger partial charge in [0, 0.05) is 25.7 Å². The van der Waals surface area contributed by atoms with Crippen LogP contribution in [-0.2, 0) is 13.0 Å². The first-order valence-electron chi connectivity index (χ1n) is 6.61. The molecule has 0 N–H and O–H groups in total. The zero-order valence-corrected chi connectivity index (χ0v) is 11.7. The lowest BCUT2D eigenvalue weighted by Gasteiger charge is -2.38. The molecule has 0 aromatic heterocycles. The Bertz CT molecular complexity index is 442. The summed E-state index contributed by atoms with van der Waals surface area (Å²) >= 11 is 0. The van der Waals surface area contributed by atoms with Gasteiger partial charge in [-0.3, -0.25) is 0 Å². The van der Waals surface area contributed by atoms with Crippen LogP contribution >= 0.6 is 0 Å². The number of amides is 2. The lowest BCUT2D eigenvalue weighted by atomic mass is 9.95. The van der Waals surface area contributed by atoms with Crippen molar-refractivity contribution >= 4 is 6.03 Å². The van der Waals surface area contributed by atoms with Crippen LogP contribution in [0.4, 0.5) is 4.79 Å². The van der Waals surface area contributed by atoms with Crippen molar-refractivity contribution < 1.29 is 4.79 Å². The second-order valence-electron chi connectivity index (χ2n) is 5.44. The Hall–Kier alpha value is -1.51. The summed E-state index contributed by atoms with van der Waals surface area (Å²) < 4.78 is 0. The molecule has 1 aromatic carbocycles. The molecule has 1 aliphatic heterocycles. The van der Waals surface area contributed by atoms with Crippen LogP contribution < -0.4 is 0 Å². The van der Waals surface area contributed by atoms with Crippen molar-refractivity contribution in [3.63, 3.8) is 0 Å². The molecule has 1 aliphatic rings. The van der Waals surface area contributed by atoms with Crippen molar-refractivity contribution in [2.75, 3.05) is 7.05 Å². The van der Waals surface area contributed by atoms with Crippen molar-refractivity contribution in [2.24, 2.45) is 0 Å². The quantitative estimate of drug-likeness (QED) is 0.747. The molecule has 0 saturated carbocycles. The zero-order chi connectivity index (χ0) is 13.3. The standard InChI is InChI=1S/C15H22N2O/c1-11(2)16(4)15(18)17-10-14-8-6-5-7-13(14)9-12(17)3/h5-8,11-12H,9-10H2,1-4H3/t12-/m0/s1. The minimum Gasteiger partial charge on any atom is -0.325 e. The molecule has 1 heterocycles. The third kappa shape index (κ3) is 2.35. The number of fused-ring (bicyclic) bond motifs is 1. The third-order valence-electron chi connectivity index (χ3n) is 3.83. The number of hydrogen-bond acceptors (Lipinski definition) is 1. The molecule has 0 unspecified atom stereocenters. The molecular formula is C15H22N2O. The number of urea groups is 1. The Kier molecular flexibility index (Phi) is 3.60. The molecule has 0 fully saturated rings. The third-order valence-corrected chi connectivity index (χ3v) is 3.83. The minimum atomic E-state index is 0.131. The Balaban J connectivity index is 2.19. The first-order chi connectivity index (χ1) is 8.50. The summed E-state index contributed by atoms with van der Waals surface area (Å²) in [4.78, 5) is 16.2. The molecule has 18 heavy (non-hydrogen) atoms. The predicted octanol–water partition coefficient (Wildman–Crippen LogP) is 2.89. The fraction of sp³-hybridized carbons (Fsp3) is 0.533. The van der Waals surface area contributed by atoms with E-state index in [2.05, 4.69) is 25.1 Å². The summed E-state index contributed by atoms with van der Waals surface area (Å²) in [7, 11) is 1.88. The molecule has 1 aromatic rings. The maximum Gasteiger partial charge on any atom is 0.320 e. The van der Waals surface area contributed by atoms with Crippen molar-refractivity contribution in [2.45, 2.75) is 45.8 Å². The molecule has 2 amide bonds. The summed E-state index contributed by atoms with van der Waals surface area (Å²) in [5.74, 6) is 0. The highest BCUT2D eigenvalue weighted by atomic mass is 16.2. The maximum atomic E-state index is 12.4. The molecule has 1 atom stereocenters. The highest BCUT2D eigenvalue weighted by Crippen LogP contribution is 2.24. The number of benzene rings is 1. The molecule has 0 saturated heterocycles. The van der Waals surface area contributed by atoms with Crippen molar-refractivity contribution in [1.29, 1.82) is 0 Å². The second-order valence-corrected chi connectivity index (χ2v) is 5.44. The van der Waals surface area contributed by atoms with Gasteiger partial charge in [-0.2, -0.15) is 0 Å². The van der Waals surface area contributed by atoms with Crippen molar-refractivity contribution in [1.82, 2.24) is 9.80 Å². The van der Waals surface area contributed by atoms with Gasteiger partial charge in [-0.25, -0.2) is 4.79 Å². The van der Waals surface area contributed by atoms with E-state index in [-0.39, 0.29) is 18.1 Å². The molecule has 2 rings (SSSR count). The van der Waals surface area contributed by atoms with Gasteiger partial charge in [0.2, 0.25) is 0 Å². The molecule has 3 nitrogen and oxygen atoms in total. The lowest BCUT2D eigenvalue weighted by Crippen LogP contribution is -2.50. The summed E-state index contributed by atoms with van der Waals surface area (Å²) in [6.45, 7) is 6.94. The first kappa shape index (κ1) is 12.9. The van der Waals surface area contributed by atoms with E-state index >= 15 is 0 Å². The summed E-state index contributed by atoms with van der Waals surface area (Å²) in [5.41, 5.74) is 2.65. The lowest BCUT2D eigenvalue weighted by molar-refractivity contribution is 0.128. The van der Waals surface area contributed by atoms with E-state index in [9.17, 15) is 4.79 Å². The van der Waals surface area contributed by atoms with E-state index in [1.807, 2.05) is 36.8 Å². The predicted molar refractivity (Wildman–Crippen MR) is 73.4 cm³/mol. The number of nitrogens with zero attached hydrogens (tertiary/aromatic N) is 2. The zero-order valence-electron chi connectivity index (χ0n) is 11.7. The van der Waals surface area contributed by atoms with Gasteiger partial charge in [0.1, 0.15) is 0 Å². The fourth-order valence-electron chi connectivity index (χ4n) is 2.36. The van der Waals surface area contributed by atoms with E-state index in [1.165, 1.54) is 11.1 Å². The van der Waals surface area contributed by atoms with Gasteiger partial charge in [-0.1, -0.05) is 24.3 Å². The Morgan fingerprint density at radius 1 is 1.33 bits per heavy atom. The summed E-state index contributed by atoms with van der Waals surface area (Å²) in [6.07, 6.45) is 0.952. The highest BCUT2D eigenvalue weighted by molar-refractivity contribution is 5.75. The summed E-state index contributed by atoms with van der Waals surface area (Å²) in [5, 5.41) is 0. The van der Waals surface area contributed by atoms with E-state index in [4.69, 9.17) is 0 Å². The number of hydrogen-bond donors (Lipinski definition) is 0. The first-order valence-corrected chi connectivity index (χ1v) is 6.61. The van der Waals surface area contributed by atoms with Crippen LogP contribution in [0.15, 0.2) is 24.3 Å². The van der Waals surface area contributed by atoms with Crippen molar-refractivity contribution in [3.05, 3.63) is 35.4 Å². The van der Waals surface area contributed by atoms with Gasteiger partial charge in [0.15, 0.2) is 0 Å². The largest absolute Gasteiger partial charge is 0.325 e. The molecule has 0 spiro atoms. The van der Waals surface area contributed by atoms with Gasteiger partial charge in [0.25, 0.3) is 0 Å². The van der Waals surface area contributed by atoms with Gasteiger partial charge in [0.05, 0.1) is 0 Å². The number of carbonyl (C=O) groups excluding carboxylic acids is 1. The van der Waals surface area contributed by atoms with Crippen molar-refractivity contribution in [3.8, 4) is 0 Å². The van der Waals surface area contributed by atoms with Crippen LogP contribution in [0.25, 0.3) is 0 Å². The van der Waals surface area contributed by atoms with Gasteiger partial charge < -0.3 is 9.80 Å². The van der Waals surface area contributed by atoms with Crippen LogP contribution in [0.5, 0.6) is 0 Å². The Morgan fingerprint density at radius 3 is 2.56 bits per heavy atom. The van der Waals surface area contributed by atoms with E-state index in [0.29, 0.717) is 0 Å². The Morgan fingerprint density at radius 2 is 1.94 bits per heavy atom.